The van der Waals surface area contributed by atoms with Crippen LogP contribution < -0.4 is 10.1 Å². The van der Waals surface area contributed by atoms with E-state index in [-0.39, 0.29) is 10.9 Å². The lowest BCUT2D eigenvalue weighted by Crippen LogP contribution is -2.20. The van der Waals surface area contributed by atoms with Crippen LogP contribution in [0, 0.1) is 10.1 Å². The molecule has 0 radical (unpaired) electrons. The summed E-state index contributed by atoms with van der Waals surface area (Å²) in [7, 11) is 1.57. The predicted octanol–water partition coefficient (Wildman–Crippen LogP) is 2.99. The Morgan fingerprint density at radius 2 is 2.14 bits per heavy atom. The van der Waals surface area contributed by atoms with Gasteiger partial charge in [0, 0.05) is 29.1 Å². The van der Waals surface area contributed by atoms with Gasteiger partial charge in [-0.2, -0.15) is 0 Å². The minimum Gasteiger partial charge on any atom is -0.496 e. The molecule has 1 heterocycles. The van der Waals surface area contributed by atoms with E-state index in [0.717, 1.165) is 16.9 Å². The molecule has 0 aliphatic rings. The zero-order chi connectivity index (χ0) is 15.9. The maximum atomic E-state index is 11.8. The molecule has 2 aromatic rings. The van der Waals surface area contributed by atoms with Gasteiger partial charge in [0.15, 0.2) is 0 Å². The molecule has 0 fully saturated rings. The molecule has 0 spiro atoms. The first-order chi connectivity index (χ1) is 10.6. The smallest absolute Gasteiger partial charge is 0.324 e. The maximum absolute atomic E-state index is 11.8. The van der Waals surface area contributed by atoms with Crippen molar-refractivity contribution >= 4 is 28.3 Å². The van der Waals surface area contributed by atoms with Crippen LogP contribution in [0.3, 0.4) is 0 Å². The Bertz CT molecular complexity index is 709. The van der Waals surface area contributed by atoms with Crippen molar-refractivity contribution < 1.29 is 14.5 Å². The van der Waals surface area contributed by atoms with Crippen molar-refractivity contribution in [3.63, 3.8) is 0 Å². The number of carbonyl (C=O) groups is 1. The number of nitrogens with one attached hydrogen (secondary N) is 1. The number of hydrogen-bond acceptors (Lipinski definition) is 5. The SMILES string of the molecule is COc1ccccc1CNC(=O)/C=C/c1ccc([N+](=O)[O-])s1. The molecule has 6 nitrogen and oxygen atoms in total. The summed E-state index contributed by atoms with van der Waals surface area (Å²) >= 11 is 1.02. The fourth-order valence-corrected chi connectivity index (χ4v) is 2.50. The maximum Gasteiger partial charge on any atom is 0.324 e. The molecule has 0 aliphatic heterocycles. The molecule has 0 saturated heterocycles. The van der Waals surface area contributed by atoms with Crippen LogP contribution in [0.1, 0.15) is 10.4 Å². The fraction of sp³-hybridized carbons (Fsp3) is 0.133. The largest absolute Gasteiger partial charge is 0.496 e. The Kier molecular flexibility index (Phi) is 5.26. The Morgan fingerprint density at radius 1 is 1.36 bits per heavy atom. The van der Waals surface area contributed by atoms with Gasteiger partial charge in [-0.3, -0.25) is 14.9 Å². The fourth-order valence-electron chi connectivity index (χ4n) is 1.78. The van der Waals surface area contributed by atoms with E-state index in [1.807, 2.05) is 24.3 Å². The van der Waals surface area contributed by atoms with Gasteiger partial charge in [-0.05, 0) is 18.2 Å². The second-order valence-corrected chi connectivity index (χ2v) is 5.39. The number of hydrogen-bond donors (Lipinski definition) is 1. The third-order valence-electron chi connectivity index (χ3n) is 2.84. The summed E-state index contributed by atoms with van der Waals surface area (Å²) in [5, 5.41) is 13.4. The van der Waals surface area contributed by atoms with Gasteiger partial charge in [-0.15, -0.1) is 0 Å². The number of ether oxygens (including phenoxy) is 1. The number of para-hydroxylation sites is 1. The number of amides is 1. The van der Waals surface area contributed by atoms with Crippen molar-refractivity contribution in [1.82, 2.24) is 5.32 Å². The van der Waals surface area contributed by atoms with Crippen molar-refractivity contribution in [3.8, 4) is 5.75 Å². The third-order valence-corrected chi connectivity index (χ3v) is 3.84. The molecular formula is C15H14N2O4S. The standard InChI is InChI=1S/C15H14N2O4S/c1-21-13-5-3-2-4-11(13)10-16-14(18)8-6-12-7-9-15(22-12)17(19)20/h2-9H,10H2,1H3,(H,16,18)/b8-6+. The lowest BCUT2D eigenvalue weighted by atomic mass is 10.2. The highest BCUT2D eigenvalue weighted by Crippen LogP contribution is 2.24. The first-order valence-corrected chi connectivity index (χ1v) is 7.24. The third kappa shape index (κ3) is 4.16. The number of rotatable bonds is 6. The first-order valence-electron chi connectivity index (χ1n) is 6.42. The average molecular weight is 318 g/mol. The highest BCUT2D eigenvalue weighted by Gasteiger charge is 2.08. The molecule has 1 amide bonds. The van der Waals surface area contributed by atoms with Gasteiger partial charge < -0.3 is 10.1 Å². The summed E-state index contributed by atoms with van der Waals surface area (Å²) in [4.78, 5) is 22.5. The quantitative estimate of drug-likeness (QED) is 0.504. The van der Waals surface area contributed by atoms with Gasteiger partial charge in [-0.1, -0.05) is 29.5 Å². The van der Waals surface area contributed by atoms with Gasteiger partial charge in [0.05, 0.1) is 12.0 Å². The van der Waals surface area contributed by atoms with Crippen LogP contribution in [-0.4, -0.2) is 17.9 Å². The second kappa shape index (κ2) is 7.37. The van der Waals surface area contributed by atoms with E-state index in [2.05, 4.69) is 5.32 Å². The topological polar surface area (TPSA) is 81.5 Å². The number of thiophene rings is 1. The molecule has 1 aromatic carbocycles. The first kappa shape index (κ1) is 15.7. The van der Waals surface area contributed by atoms with Crippen molar-refractivity contribution in [2.45, 2.75) is 6.54 Å². The molecule has 0 atom stereocenters. The van der Waals surface area contributed by atoms with Crippen LogP contribution in [0.5, 0.6) is 5.75 Å². The van der Waals surface area contributed by atoms with E-state index in [1.54, 1.807) is 19.3 Å². The molecule has 0 aliphatic carbocycles. The Labute approximate surface area is 131 Å². The molecule has 1 N–H and O–H groups in total. The number of nitro groups is 1. The van der Waals surface area contributed by atoms with E-state index < -0.39 is 4.92 Å². The summed E-state index contributed by atoms with van der Waals surface area (Å²) in [6.45, 7) is 0.345. The van der Waals surface area contributed by atoms with Crippen molar-refractivity contribution in [2.75, 3.05) is 7.11 Å². The van der Waals surface area contributed by atoms with Gasteiger partial charge in [0.2, 0.25) is 5.91 Å². The highest BCUT2D eigenvalue weighted by atomic mass is 32.1. The van der Waals surface area contributed by atoms with Crippen LogP contribution >= 0.6 is 11.3 Å². The predicted molar refractivity (Wildman–Crippen MR) is 84.8 cm³/mol. The van der Waals surface area contributed by atoms with E-state index >= 15 is 0 Å². The van der Waals surface area contributed by atoms with Gasteiger partial charge in [-0.25, -0.2) is 0 Å². The highest BCUT2D eigenvalue weighted by molar-refractivity contribution is 7.16. The van der Waals surface area contributed by atoms with E-state index in [1.165, 1.54) is 12.1 Å². The lowest BCUT2D eigenvalue weighted by Gasteiger charge is -2.08. The summed E-state index contributed by atoms with van der Waals surface area (Å²) in [6, 6.07) is 10.4. The molecule has 0 saturated carbocycles. The van der Waals surface area contributed by atoms with Crippen LogP contribution in [0.15, 0.2) is 42.5 Å². The van der Waals surface area contributed by atoms with Crippen molar-refractivity contribution in [2.24, 2.45) is 0 Å². The number of nitrogens with zero attached hydrogens (tertiary/aromatic N) is 1. The minimum absolute atomic E-state index is 0.0501. The molecule has 7 heteroatoms. The monoisotopic (exact) mass is 318 g/mol. The number of methoxy groups -OCH3 is 1. The number of carbonyl (C=O) groups excluding carboxylic acids is 1. The molecule has 22 heavy (non-hydrogen) atoms. The summed E-state index contributed by atoms with van der Waals surface area (Å²) < 4.78 is 5.20. The van der Waals surface area contributed by atoms with Crippen molar-refractivity contribution in [1.29, 1.82) is 0 Å². The second-order valence-electron chi connectivity index (χ2n) is 4.30. The van der Waals surface area contributed by atoms with Gasteiger partial charge in [0.25, 0.3) is 0 Å². The average Bonchev–Trinajstić information content (AvgIpc) is 3.00. The van der Waals surface area contributed by atoms with E-state index in [0.29, 0.717) is 17.2 Å². The summed E-state index contributed by atoms with van der Waals surface area (Å²) in [6.07, 6.45) is 2.90. The molecule has 114 valence electrons. The van der Waals surface area contributed by atoms with Crippen LogP contribution in [0.2, 0.25) is 0 Å². The molecular weight excluding hydrogens is 304 g/mol. The zero-order valence-electron chi connectivity index (χ0n) is 11.8. The minimum atomic E-state index is -0.455. The number of benzene rings is 1. The Hall–Kier alpha value is -2.67. The molecule has 0 unspecified atom stereocenters. The summed E-state index contributed by atoms with van der Waals surface area (Å²) in [5.74, 6) is 0.433. The lowest BCUT2D eigenvalue weighted by molar-refractivity contribution is -0.380. The van der Waals surface area contributed by atoms with Gasteiger partial charge in [0.1, 0.15) is 5.75 Å². The summed E-state index contributed by atoms with van der Waals surface area (Å²) in [5.41, 5.74) is 0.874. The Morgan fingerprint density at radius 3 is 2.82 bits per heavy atom. The Balaban J connectivity index is 1.92. The molecule has 0 bridgehead atoms. The molecule has 1 aromatic heterocycles. The van der Waals surface area contributed by atoms with Crippen molar-refractivity contribution in [3.05, 3.63) is 63.0 Å². The van der Waals surface area contributed by atoms with Crippen LogP contribution in [0.4, 0.5) is 5.00 Å². The van der Waals surface area contributed by atoms with E-state index in [4.69, 9.17) is 4.74 Å². The van der Waals surface area contributed by atoms with Crippen LogP contribution in [-0.2, 0) is 11.3 Å². The van der Waals surface area contributed by atoms with E-state index in [9.17, 15) is 14.9 Å². The van der Waals surface area contributed by atoms with Crippen LogP contribution in [0.25, 0.3) is 6.08 Å². The molecule has 2 rings (SSSR count). The van der Waals surface area contributed by atoms with Gasteiger partial charge >= 0.3 is 5.00 Å². The normalized spacial score (nSPS) is 10.6. The zero-order valence-corrected chi connectivity index (χ0v) is 12.6.